The summed E-state index contributed by atoms with van der Waals surface area (Å²) in [7, 11) is 1.99. The molecule has 3 aromatic rings. The lowest BCUT2D eigenvalue weighted by Gasteiger charge is -2.31. The van der Waals surface area contributed by atoms with Crippen molar-refractivity contribution < 1.29 is 4.79 Å². The first-order valence-electron chi connectivity index (χ1n) is 8.78. The highest BCUT2D eigenvalue weighted by Crippen LogP contribution is 2.31. The Hall–Kier alpha value is -1.89. The average molecular weight is 389 g/mol. The van der Waals surface area contributed by atoms with E-state index in [-0.39, 0.29) is 5.91 Å². The van der Waals surface area contributed by atoms with Crippen LogP contribution in [0.5, 0.6) is 0 Å². The second-order valence-corrected chi connectivity index (χ2v) is 8.13. The van der Waals surface area contributed by atoms with Crippen molar-refractivity contribution in [3.05, 3.63) is 45.9 Å². The van der Waals surface area contributed by atoms with Gasteiger partial charge in [0.05, 0.1) is 16.3 Å². The number of hydrogen-bond donors (Lipinski definition) is 1. The van der Waals surface area contributed by atoms with E-state index in [1.807, 2.05) is 53.9 Å². The summed E-state index contributed by atoms with van der Waals surface area (Å²) in [5.74, 6) is 0.128. The molecule has 0 aliphatic carbocycles. The quantitative estimate of drug-likeness (QED) is 0.740. The first-order chi connectivity index (χ1) is 12.6. The summed E-state index contributed by atoms with van der Waals surface area (Å²) in [6.45, 7) is 3.59. The molecule has 1 amide bonds. The lowest BCUT2D eigenvalue weighted by Crippen LogP contribution is -2.43. The Morgan fingerprint density at radius 3 is 2.62 bits per heavy atom. The minimum atomic E-state index is 0.128. The SMILES string of the molecule is CNC1CCN(C(=O)c2cc3c(C)nn(-c4ccc(Cl)cc4)c3s2)CC1. The first-order valence-corrected chi connectivity index (χ1v) is 9.98. The Labute approximate surface area is 161 Å². The van der Waals surface area contributed by atoms with Gasteiger partial charge in [-0.05, 0) is 57.1 Å². The second-order valence-electron chi connectivity index (χ2n) is 6.66. The molecule has 0 bridgehead atoms. The fourth-order valence-electron chi connectivity index (χ4n) is 3.44. The van der Waals surface area contributed by atoms with E-state index in [2.05, 4.69) is 10.4 Å². The summed E-state index contributed by atoms with van der Waals surface area (Å²) in [5, 5.41) is 9.67. The van der Waals surface area contributed by atoms with Gasteiger partial charge in [0, 0.05) is 29.5 Å². The molecule has 4 rings (SSSR count). The van der Waals surface area contributed by atoms with Crippen molar-refractivity contribution in [3.63, 3.8) is 0 Å². The van der Waals surface area contributed by atoms with Gasteiger partial charge >= 0.3 is 0 Å². The molecule has 26 heavy (non-hydrogen) atoms. The summed E-state index contributed by atoms with van der Waals surface area (Å²) in [4.78, 5) is 16.7. The van der Waals surface area contributed by atoms with E-state index in [4.69, 9.17) is 11.6 Å². The fourth-order valence-corrected chi connectivity index (χ4v) is 4.71. The Morgan fingerprint density at radius 1 is 1.27 bits per heavy atom. The molecule has 3 heterocycles. The van der Waals surface area contributed by atoms with Crippen LogP contribution in [0.3, 0.4) is 0 Å². The van der Waals surface area contributed by atoms with Gasteiger partial charge in [0.2, 0.25) is 0 Å². The number of rotatable bonds is 3. The summed E-state index contributed by atoms with van der Waals surface area (Å²) in [6, 6.07) is 10.1. The van der Waals surface area contributed by atoms with Gasteiger partial charge in [0.1, 0.15) is 4.83 Å². The number of halogens is 1. The zero-order chi connectivity index (χ0) is 18.3. The van der Waals surface area contributed by atoms with E-state index in [9.17, 15) is 4.79 Å². The Kier molecular flexibility index (Phi) is 4.73. The lowest BCUT2D eigenvalue weighted by atomic mass is 10.1. The van der Waals surface area contributed by atoms with E-state index in [1.165, 1.54) is 11.3 Å². The van der Waals surface area contributed by atoms with Gasteiger partial charge in [-0.2, -0.15) is 5.10 Å². The standard InChI is InChI=1S/C19H21ClN4OS/c1-12-16-11-17(18(25)23-9-7-14(21-2)8-10-23)26-19(16)24(22-12)15-5-3-13(20)4-6-15/h3-6,11,14,21H,7-10H2,1-2H3. The molecule has 1 N–H and O–H groups in total. The van der Waals surface area contributed by atoms with Crippen LogP contribution in [0.25, 0.3) is 15.9 Å². The molecule has 0 radical (unpaired) electrons. The highest BCUT2D eigenvalue weighted by atomic mass is 35.5. The highest BCUT2D eigenvalue weighted by Gasteiger charge is 2.25. The number of likely N-dealkylation sites (tertiary alicyclic amines) is 1. The molecule has 1 fully saturated rings. The number of piperidine rings is 1. The first kappa shape index (κ1) is 17.5. The van der Waals surface area contributed by atoms with Gasteiger partial charge < -0.3 is 10.2 Å². The van der Waals surface area contributed by atoms with E-state index in [0.29, 0.717) is 11.1 Å². The Bertz CT molecular complexity index is 939. The average Bonchev–Trinajstić information content (AvgIpc) is 3.23. The molecule has 1 aliphatic rings. The van der Waals surface area contributed by atoms with E-state index in [0.717, 1.165) is 52.4 Å². The molecule has 7 heteroatoms. The van der Waals surface area contributed by atoms with Crippen molar-refractivity contribution >= 4 is 39.1 Å². The fraction of sp³-hybridized carbons (Fsp3) is 0.368. The molecule has 0 saturated carbocycles. The van der Waals surface area contributed by atoms with Crippen LogP contribution in [-0.4, -0.2) is 46.8 Å². The third kappa shape index (κ3) is 3.13. The molecule has 1 aliphatic heterocycles. The maximum Gasteiger partial charge on any atom is 0.264 e. The predicted octanol–water partition coefficient (Wildman–Crippen LogP) is 3.87. The number of hydrogen-bond acceptors (Lipinski definition) is 4. The molecule has 1 saturated heterocycles. The maximum atomic E-state index is 12.9. The second kappa shape index (κ2) is 7.02. The van der Waals surface area contributed by atoms with Crippen molar-refractivity contribution in [2.24, 2.45) is 0 Å². The third-order valence-electron chi connectivity index (χ3n) is 5.02. The lowest BCUT2D eigenvalue weighted by molar-refractivity contribution is 0.0712. The van der Waals surface area contributed by atoms with E-state index < -0.39 is 0 Å². The largest absolute Gasteiger partial charge is 0.338 e. The van der Waals surface area contributed by atoms with Gasteiger partial charge in [0.25, 0.3) is 5.91 Å². The summed E-state index contributed by atoms with van der Waals surface area (Å²) < 4.78 is 1.90. The number of aryl methyl sites for hydroxylation is 1. The topological polar surface area (TPSA) is 50.2 Å². The van der Waals surface area contributed by atoms with Crippen LogP contribution in [0.15, 0.2) is 30.3 Å². The van der Waals surface area contributed by atoms with E-state index in [1.54, 1.807) is 0 Å². The van der Waals surface area contributed by atoms with Crippen LogP contribution in [0, 0.1) is 6.92 Å². The predicted molar refractivity (Wildman–Crippen MR) is 107 cm³/mol. The maximum absolute atomic E-state index is 12.9. The number of thiophene rings is 1. The molecular weight excluding hydrogens is 368 g/mol. The smallest absolute Gasteiger partial charge is 0.264 e. The van der Waals surface area contributed by atoms with Crippen molar-refractivity contribution in [3.8, 4) is 5.69 Å². The van der Waals surface area contributed by atoms with Gasteiger partial charge in [-0.3, -0.25) is 4.79 Å². The minimum absolute atomic E-state index is 0.128. The highest BCUT2D eigenvalue weighted by molar-refractivity contribution is 7.20. The minimum Gasteiger partial charge on any atom is -0.338 e. The van der Waals surface area contributed by atoms with Gasteiger partial charge in [-0.15, -0.1) is 11.3 Å². The van der Waals surface area contributed by atoms with Crippen LogP contribution in [0.4, 0.5) is 0 Å². The number of nitrogens with zero attached hydrogens (tertiary/aromatic N) is 3. The van der Waals surface area contributed by atoms with Crippen molar-refractivity contribution in [1.82, 2.24) is 20.0 Å². The van der Waals surface area contributed by atoms with Crippen molar-refractivity contribution in [1.29, 1.82) is 0 Å². The number of amides is 1. The van der Waals surface area contributed by atoms with Gasteiger partial charge in [-0.25, -0.2) is 4.68 Å². The van der Waals surface area contributed by atoms with Gasteiger partial charge in [0.15, 0.2) is 0 Å². The number of aromatic nitrogens is 2. The molecule has 5 nitrogen and oxygen atoms in total. The third-order valence-corrected chi connectivity index (χ3v) is 6.37. The molecule has 1 aromatic carbocycles. The zero-order valence-electron chi connectivity index (χ0n) is 14.8. The normalized spacial score (nSPS) is 15.7. The molecular formula is C19H21ClN4OS. The molecule has 0 unspecified atom stereocenters. The van der Waals surface area contributed by atoms with Crippen LogP contribution >= 0.6 is 22.9 Å². The van der Waals surface area contributed by atoms with Gasteiger partial charge in [-0.1, -0.05) is 11.6 Å². The molecule has 0 atom stereocenters. The van der Waals surface area contributed by atoms with Crippen molar-refractivity contribution in [2.45, 2.75) is 25.8 Å². The Morgan fingerprint density at radius 2 is 1.96 bits per heavy atom. The van der Waals surface area contributed by atoms with Crippen LogP contribution in [0.1, 0.15) is 28.2 Å². The summed E-state index contributed by atoms with van der Waals surface area (Å²) in [5.41, 5.74) is 1.88. The number of fused-ring (bicyclic) bond motifs is 1. The molecule has 136 valence electrons. The number of nitrogens with one attached hydrogen (secondary N) is 1. The summed E-state index contributed by atoms with van der Waals surface area (Å²) in [6.07, 6.45) is 2.01. The monoisotopic (exact) mass is 388 g/mol. The Balaban J connectivity index is 1.65. The zero-order valence-corrected chi connectivity index (χ0v) is 16.4. The van der Waals surface area contributed by atoms with Crippen molar-refractivity contribution in [2.75, 3.05) is 20.1 Å². The van der Waals surface area contributed by atoms with Crippen LogP contribution in [-0.2, 0) is 0 Å². The van der Waals surface area contributed by atoms with E-state index >= 15 is 0 Å². The van der Waals surface area contributed by atoms with Crippen LogP contribution < -0.4 is 5.32 Å². The number of carbonyl (C=O) groups excluding carboxylic acids is 1. The molecule has 0 spiro atoms. The van der Waals surface area contributed by atoms with Crippen LogP contribution in [0.2, 0.25) is 5.02 Å². The number of benzene rings is 1. The summed E-state index contributed by atoms with van der Waals surface area (Å²) >= 11 is 7.51. The molecule has 2 aromatic heterocycles. The number of carbonyl (C=O) groups is 1.